The molecule has 1 N–H and O–H groups in total. The average molecular weight is 402 g/mol. The molecule has 0 amide bonds. The molecule has 144 valence electrons. The molecule has 0 aliphatic rings. The van der Waals surface area contributed by atoms with Crippen molar-refractivity contribution in [3.63, 3.8) is 0 Å². The van der Waals surface area contributed by atoms with Crippen LogP contribution in [0, 0.1) is 0 Å². The molecule has 0 saturated heterocycles. The molecular formula is C23H20N3O2S+. The van der Waals surface area contributed by atoms with Crippen molar-refractivity contribution < 1.29 is 14.1 Å². The van der Waals surface area contributed by atoms with E-state index in [1.54, 1.807) is 6.20 Å². The topological polar surface area (TPSA) is 62.5 Å². The Labute approximate surface area is 174 Å². The normalized spacial score (nSPS) is 11.2. The highest BCUT2D eigenvalue weighted by Gasteiger charge is 2.11. The molecule has 0 radical (unpaired) electrons. The third-order valence-electron chi connectivity index (χ3n) is 4.55. The maximum absolute atomic E-state index is 9.16. The van der Waals surface area contributed by atoms with Crippen LogP contribution in [-0.2, 0) is 13.2 Å². The minimum atomic E-state index is 0.0264. The van der Waals surface area contributed by atoms with Gasteiger partial charge in [0.1, 0.15) is 0 Å². The van der Waals surface area contributed by atoms with Crippen LogP contribution in [0.4, 0.5) is 5.69 Å². The fraction of sp³-hybridized carbons (Fsp3) is 0.0870. The molecule has 0 bridgehead atoms. The number of nitrogens with zero attached hydrogens (tertiary/aromatic N) is 3. The number of benzene rings is 2. The first-order valence-electron chi connectivity index (χ1n) is 9.16. The number of aliphatic imine (C=N–C) groups is 1. The molecule has 29 heavy (non-hydrogen) atoms. The second-order valence-corrected chi connectivity index (χ2v) is 6.79. The van der Waals surface area contributed by atoms with Gasteiger partial charge in [-0.25, -0.2) is 9.55 Å². The SMILES string of the molecule is OCc1ccc(-c2cnc(-c3cc[n+](Cc4cccc(N=CS)c4)cc3)o2)cc1. The quantitative estimate of drug-likeness (QED) is 0.217. The number of hydrogen-bond donors (Lipinski definition) is 2. The van der Waals surface area contributed by atoms with E-state index in [0.29, 0.717) is 11.7 Å². The molecule has 2 heterocycles. The molecule has 4 aromatic rings. The summed E-state index contributed by atoms with van der Waals surface area (Å²) < 4.78 is 8.01. The fourth-order valence-corrected chi connectivity index (χ4v) is 3.17. The molecule has 0 fully saturated rings. The summed E-state index contributed by atoms with van der Waals surface area (Å²) in [6.07, 6.45) is 5.73. The number of aliphatic hydroxyl groups excluding tert-OH is 1. The highest BCUT2D eigenvalue weighted by molar-refractivity contribution is 7.94. The van der Waals surface area contributed by atoms with Crippen molar-refractivity contribution in [3.05, 3.63) is 90.4 Å². The first-order chi connectivity index (χ1) is 14.2. The van der Waals surface area contributed by atoms with Crippen LogP contribution >= 0.6 is 12.6 Å². The summed E-state index contributed by atoms with van der Waals surface area (Å²) in [5, 5.41) is 9.16. The molecular weight excluding hydrogens is 382 g/mol. The Balaban J connectivity index is 1.49. The number of aliphatic hydroxyl groups is 1. The van der Waals surface area contributed by atoms with Crippen LogP contribution in [0.25, 0.3) is 22.8 Å². The molecule has 2 aromatic carbocycles. The van der Waals surface area contributed by atoms with E-state index in [1.807, 2.05) is 67.0 Å². The Morgan fingerprint density at radius 1 is 1.00 bits per heavy atom. The van der Waals surface area contributed by atoms with Gasteiger partial charge in [-0.15, -0.1) is 12.6 Å². The van der Waals surface area contributed by atoms with Crippen molar-refractivity contribution in [1.82, 2.24) is 4.98 Å². The zero-order valence-corrected chi connectivity index (χ0v) is 16.5. The summed E-state index contributed by atoms with van der Waals surface area (Å²) in [7, 11) is 0. The highest BCUT2D eigenvalue weighted by atomic mass is 32.1. The number of rotatable bonds is 6. The van der Waals surface area contributed by atoms with Crippen molar-refractivity contribution in [2.45, 2.75) is 13.2 Å². The molecule has 4 rings (SSSR count). The zero-order valence-electron chi connectivity index (χ0n) is 15.6. The Bertz CT molecular complexity index is 1120. The molecule has 6 heteroatoms. The van der Waals surface area contributed by atoms with Gasteiger partial charge in [0.15, 0.2) is 24.7 Å². The van der Waals surface area contributed by atoms with E-state index in [4.69, 9.17) is 9.52 Å². The minimum absolute atomic E-state index is 0.0264. The first kappa shape index (κ1) is 19.1. The molecule has 0 saturated carbocycles. The predicted octanol–water partition coefficient (Wildman–Crippen LogP) is 4.43. The lowest BCUT2D eigenvalue weighted by Gasteiger charge is -2.01. The summed E-state index contributed by atoms with van der Waals surface area (Å²) in [5.41, 5.74) is 6.23. The van der Waals surface area contributed by atoms with Gasteiger partial charge in [-0.3, -0.25) is 4.99 Å². The van der Waals surface area contributed by atoms with Crippen molar-refractivity contribution in [2.24, 2.45) is 4.99 Å². The zero-order chi connectivity index (χ0) is 20.1. The summed E-state index contributed by atoms with van der Waals surface area (Å²) in [5.74, 6) is 1.27. The highest BCUT2D eigenvalue weighted by Crippen LogP contribution is 2.25. The molecule has 0 aliphatic heterocycles. The van der Waals surface area contributed by atoms with Crippen LogP contribution in [-0.4, -0.2) is 15.6 Å². The second-order valence-electron chi connectivity index (χ2n) is 6.56. The van der Waals surface area contributed by atoms with E-state index in [-0.39, 0.29) is 6.61 Å². The summed E-state index contributed by atoms with van der Waals surface area (Å²) in [6.45, 7) is 0.767. The third kappa shape index (κ3) is 4.62. The fourth-order valence-electron chi connectivity index (χ4n) is 3.03. The van der Waals surface area contributed by atoms with Crippen molar-refractivity contribution >= 4 is 23.9 Å². The van der Waals surface area contributed by atoms with E-state index in [9.17, 15) is 0 Å². The number of hydrogen-bond acceptors (Lipinski definition) is 4. The van der Waals surface area contributed by atoms with E-state index in [2.05, 4.69) is 33.2 Å². The largest absolute Gasteiger partial charge is 0.436 e. The van der Waals surface area contributed by atoms with Gasteiger partial charge in [-0.1, -0.05) is 36.4 Å². The van der Waals surface area contributed by atoms with Gasteiger partial charge in [0.2, 0.25) is 5.89 Å². The summed E-state index contributed by atoms with van der Waals surface area (Å²) >= 11 is 4.02. The Hall–Kier alpha value is -3.22. The molecule has 2 aromatic heterocycles. The van der Waals surface area contributed by atoms with Crippen LogP contribution < -0.4 is 4.57 Å². The first-order valence-corrected chi connectivity index (χ1v) is 9.68. The summed E-state index contributed by atoms with van der Waals surface area (Å²) in [6, 6.07) is 19.6. The van der Waals surface area contributed by atoms with Crippen molar-refractivity contribution in [1.29, 1.82) is 0 Å². The smallest absolute Gasteiger partial charge is 0.227 e. The standard InChI is InChI=1S/C23H19N3O2S/c27-15-17-4-6-19(7-5-17)22-13-24-23(28-22)20-8-10-26(11-9-20)14-18-2-1-3-21(12-18)25-16-29/h1-13,16,27H,14-15H2/p+1. The lowest BCUT2D eigenvalue weighted by atomic mass is 10.1. The van der Waals surface area contributed by atoms with Crippen LogP contribution in [0.3, 0.4) is 0 Å². The van der Waals surface area contributed by atoms with Gasteiger partial charge in [0.25, 0.3) is 0 Å². The number of oxazole rings is 1. The minimum Gasteiger partial charge on any atom is -0.436 e. The van der Waals surface area contributed by atoms with E-state index >= 15 is 0 Å². The van der Waals surface area contributed by atoms with Gasteiger partial charge >= 0.3 is 0 Å². The lowest BCUT2D eigenvalue weighted by molar-refractivity contribution is -0.688. The Morgan fingerprint density at radius 3 is 2.52 bits per heavy atom. The lowest BCUT2D eigenvalue weighted by Crippen LogP contribution is -2.32. The number of aromatic nitrogens is 2. The van der Waals surface area contributed by atoms with E-state index in [1.165, 1.54) is 5.55 Å². The van der Waals surface area contributed by atoms with E-state index in [0.717, 1.165) is 34.5 Å². The van der Waals surface area contributed by atoms with Gasteiger partial charge in [0.05, 0.1) is 24.0 Å². The van der Waals surface area contributed by atoms with Gasteiger partial charge < -0.3 is 9.52 Å². The monoisotopic (exact) mass is 402 g/mol. The van der Waals surface area contributed by atoms with E-state index < -0.39 is 0 Å². The second kappa shape index (κ2) is 8.86. The summed E-state index contributed by atoms with van der Waals surface area (Å²) in [4.78, 5) is 8.60. The van der Waals surface area contributed by atoms with Crippen LogP contribution in [0.2, 0.25) is 0 Å². The van der Waals surface area contributed by atoms with Crippen LogP contribution in [0.1, 0.15) is 11.1 Å². The third-order valence-corrected chi connectivity index (χ3v) is 4.66. The van der Waals surface area contributed by atoms with Crippen LogP contribution in [0.15, 0.2) is 88.7 Å². The molecule has 0 aliphatic carbocycles. The number of pyridine rings is 1. The van der Waals surface area contributed by atoms with Gasteiger partial charge in [-0.05, 0) is 17.7 Å². The maximum atomic E-state index is 9.16. The van der Waals surface area contributed by atoms with Gasteiger partial charge in [-0.2, -0.15) is 0 Å². The van der Waals surface area contributed by atoms with Gasteiger partial charge in [0, 0.05) is 28.8 Å². The van der Waals surface area contributed by atoms with Crippen molar-refractivity contribution in [2.75, 3.05) is 0 Å². The van der Waals surface area contributed by atoms with Crippen LogP contribution in [0.5, 0.6) is 0 Å². The number of thiol groups is 1. The molecule has 0 atom stereocenters. The Kier molecular flexibility index (Phi) is 5.84. The Morgan fingerprint density at radius 2 is 1.79 bits per heavy atom. The molecule has 5 nitrogen and oxygen atoms in total. The maximum Gasteiger partial charge on any atom is 0.227 e. The molecule has 0 unspecified atom stereocenters. The molecule has 0 spiro atoms. The van der Waals surface area contributed by atoms with Crippen molar-refractivity contribution in [3.8, 4) is 22.8 Å². The average Bonchev–Trinajstić information content (AvgIpc) is 3.25. The predicted molar refractivity (Wildman–Crippen MR) is 116 cm³/mol.